The second-order valence-corrected chi connectivity index (χ2v) is 9.78. The van der Waals surface area contributed by atoms with Gasteiger partial charge in [-0.05, 0) is 61.7 Å². The molecule has 0 saturated carbocycles. The molecule has 32 heavy (non-hydrogen) atoms. The van der Waals surface area contributed by atoms with Crippen molar-refractivity contribution in [1.29, 1.82) is 0 Å². The number of nitrogens with one attached hydrogen (secondary N) is 1. The zero-order valence-corrected chi connectivity index (χ0v) is 19.6. The van der Waals surface area contributed by atoms with Crippen molar-refractivity contribution < 1.29 is 13.2 Å². The molecule has 2 aromatic rings. The molecule has 1 saturated heterocycles. The van der Waals surface area contributed by atoms with Crippen LogP contribution in [-0.2, 0) is 21.2 Å². The van der Waals surface area contributed by atoms with Crippen LogP contribution in [0.25, 0.3) is 6.08 Å². The number of sulfonamides is 1. The van der Waals surface area contributed by atoms with Crippen LogP contribution in [0.5, 0.6) is 0 Å². The summed E-state index contributed by atoms with van der Waals surface area (Å²) in [5.74, 6) is 0.000447. The maximum atomic E-state index is 12.7. The lowest BCUT2D eigenvalue weighted by molar-refractivity contribution is -0.125. The molecule has 1 fully saturated rings. The van der Waals surface area contributed by atoms with Crippen molar-refractivity contribution in [2.45, 2.75) is 31.1 Å². The standard InChI is InChI=1S/C25H33N3O3S/c1-2-26-32(30,31)24-14-11-23(12-15-24)13-16-25(29)28-19-7-18-27(20-21-28)17-6-10-22-8-4-3-5-9-22/h3-5,8-9,11-16,26H,2,6-7,10,17-21H2,1H3. The molecule has 1 aliphatic rings. The molecule has 0 aromatic heterocycles. The van der Waals surface area contributed by atoms with Gasteiger partial charge in [-0.2, -0.15) is 0 Å². The van der Waals surface area contributed by atoms with E-state index in [1.54, 1.807) is 43.3 Å². The Morgan fingerprint density at radius 3 is 2.47 bits per heavy atom. The molecule has 0 bridgehead atoms. The molecule has 0 radical (unpaired) electrons. The van der Waals surface area contributed by atoms with E-state index >= 15 is 0 Å². The van der Waals surface area contributed by atoms with Gasteiger partial charge in [-0.3, -0.25) is 4.79 Å². The molecular weight excluding hydrogens is 422 g/mol. The van der Waals surface area contributed by atoms with Gasteiger partial charge in [0.1, 0.15) is 0 Å². The minimum atomic E-state index is -3.46. The van der Waals surface area contributed by atoms with E-state index in [0.29, 0.717) is 6.54 Å². The normalized spacial score (nSPS) is 15.7. The SMILES string of the molecule is CCNS(=O)(=O)c1ccc(C=CC(=O)N2CCCN(CCCc3ccccc3)CC2)cc1. The van der Waals surface area contributed by atoms with Gasteiger partial charge in [0.2, 0.25) is 15.9 Å². The summed E-state index contributed by atoms with van der Waals surface area (Å²) in [6.07, 6.45) is 6.50. The molecule has 1 amide bonds. The first-order valence-corrected chi connectivity index (χ1v) is 12.8. The van der Waals surface area contributed by atoms with Crippen LogP contribution in [0.2, 0.25) is 0 Å². The van der Waals surface area contributed by atoms with Crippen LogP contribution in [0.1, 0.15) is 30.9 Å². The van der Waals surface area contributed by atoms with Gasteiger partial charge in [-0.1, -0.05) is 49.4 Å². The van der Waals surface area contributed by atoms with E-state index < -0.39 is 10.0 Å². The van der Waals surface area contributed by atoms with Crippen molar-refractivity contribution in [1.82, 2.24) is 14.5 Å². The molecule has 3 rings (SSSR count). The number of hydrogen-bond acceptors (Lipinski definition) is 4. The molecule has 1 aliphatic heterocycles. The number of rotatable bonds is 9. The Hall–Kier alpha value is -2.48. The van der Waals surface area contributed by atoms with Crippen LogP contribution in [0.15, 0.2) is 65.6 Å². The second kappa shape index (κ2) is 11.9. The second-order valence-electron chi connectivity index (χ2n) is 8.01. The van der Waals surface area contributed by atoms with Crippen LogP contribution in [0.3, 0.4) is 0 Å². The quantitative estimate of drug-likeness (QED) is 0.590. The van der Waals surface area contributed by atoms with E-state index in [0.717, 1.165) is 57.5 Å². The lowest BCUT2D eigenvalue weighted by Crippen LogP contribution is -2.34. The van der Waals surface area contributed by atoms with Crippen LogP contribution in [-0.4, -0.2) is 63.4 Å². The smallest absolute Gasteiger partial charge is 0.246 e. The number of benzene rings is 2. The Morgan fingerprint density at radius 1 is 1.00 bits per heavy atom. The highest BCUT2D eigenvalue weighted by Crippen LogP contribution is 2.12. The van der Waals surface area contributed by atoms with Crippen LogP contribution >= 0.6 is 0 Å². The van der Waals surface area contributed by atoms with E-state index in [-0.39, 0.29) is 10.8 Å². The zero-order valence-electron chi connectivity index (χ0n) is 18.7. The third-order valence-electron chi connectivity index (χ3n) is 5.63. The monoisotopic (exact) mass is 455 g/mol. The van der Waals surface area contributed by atoms with Crippen molar-refractivity contribution in [2.24, 2.45) is 0 Å². The third kappa shape index (κ3) is 7.29. The summed E-state index contributed by atoms with van der Waals surface area (Å²) in [6, 6.07) is 17.1. The van der Waals surface area contributed by atoms with E-state index in [1.807, 2.05) is 11.0 Å². The lowest BCUT2D eigenvalue weighted by Gasteiger charge is -2.21. The molecule has 0 atom stereocenters. The molecule has 2 aromatic carbocycles. The molecule has 6 nitrogen and oxygen atoms in total. The van der Waals surface area contributed by atoms with Crippen LogP contribution in [0, 0.1) is 0 Å². The van der Waals surface area contributed by atoms with E-state index in [1.165, 1.54) is 5.56 Å². The molecule has 0 unspecified atom stereocenters. The summed E-state index contributed by atoms with van der Waals surface area (Å²) >= 11 is 0. The summed E-state index contributed by atoms with van der Waals surface area (Å²) in [7, 11) is -3.46. The molecule has 172 valence electrons. The first-order valence-electron chi connectivity index (χ1n) is 11.3. The Balaban J connectivity index is 1.46. The van der Waals surface area contributed by atoms with E-state index in [9.17, 15) is 13.2 Å². The average molecular weight is 456 g/mol. The van der Waals surface area contributed by atoms with Gasteiger partial charge in [0.05, 0.1) is 4.90 Å². The van der Waals surface area contributed by atoms with Gasteiger partial charge in [-0.25, -0.2) is 13.1 Å². The fourth-order valence-electron chi connectivity index (χ4n) is 3.87. The van der Waals surface area contributed by atoms with Gasteiger partial charge in [0.25, 0.3) is 0 Å². The predicted molar refractivity (Wildman–Crippen MR) is 129 cm³/mol. The summed E-state index contributed by atoms with van der Waals surface area (Å²) < 4.78 is 26.5. The van der Waals surface area contributed by atoms with Crippen molar-refractivity contribution in [3.8, 4) is 0 Å². The minimum absolute atomic E-state index is 0.000447. The Morgan fingerprint density at radius 2 is 1.75 bits per heavy atom. The topological polar surface area (TPSA) is 69.7 Å². The maximum absolute atomic E-state index is 12.7. The fourth-order valence-corrected chi connectivity index (χ4v) is 4.91. The number of carbonyl (C=O) groups excluding carboxylic acids is 1. The van der Waals surface area contributed by atoms with Gasteiger partial charge in [0.15, 0.2) is 0 Å². The van der Waals surface area contributed by atoms with Crippen LogP contribution in [0.4, 0.5) is 0 Å². The Kier molecular flexibility index (Phi) is 9.02. The summed E-state index contributed by atoms with van der Waals surface area (Å²) in [5, 5.41) is 0. The third-order valence-corrected chi connectivity index (χ3v) is 7.19. The summed E-state index contributed by atoms with van der Waals surface area (Å²) in [4.78, 5) is 17.2. The van der Waals surface area contributed by atoms with Crippen molar-refractivity contribution >= 4 is 22.0 Å². The Bertz CT molecular complexity index is 989. The number of amides is 1. The molecule has 0 spiro atoms. The molecule has 1 heterocycles. The predicted octanol–water partition coefficient (Wildman–Crippen LogP) is 3.17. The van der Waals surface area contributed by atoms with E-state index in [4.69, 9.17) is 0 Å². The fraction of sp³-hybridized carbons (Fsp3) is 0.400. The van der Waals surface area contributed by atoms with Crippen LogP contribution < -0.4 is 4.72 Å². The lowest BCUT2D eigenvalue weighted by atomic mass is 10.1. The van der Waals surface area contributed by atoms with Gasteiger partial charge in [-0.15, -0.1) is 0 Å². The molecule has 7 heteroatoms. The van der Waals surface area contributed by atoms with E-state index in [2.05, 4.69) is 33.9 Å². The average Bonchev–Trinajstić information content (AvgIpc) is 3.04. The molecule has 0 aliphatic carbocycles. The first-order chi connectivity index (χ1) is 15.5. The number of nitrogens with zero attached hydrogens (tertiary/aromatic N) is 2. The van der Waals surface area contributed by atoms with Crippen molar-refractivity contribution in [2.75, 3.05) is 39.3 Å². The number of aryl methyl sites for hydroxylation is 1. The van der Waals surface area contributed by atoms with Crippen molar-refractivity contribution in [3.63, 3.8) is 0 Å². The summed E-state index contributed by atoms with van der Waals surface area (Å²) in [5.41, 5.74) is 2.17. The molecule has 1 N–H and O–H groups in total. The largest absolute Gasteiger partial charge is 0.338 e. The minimum Gasteiger partial charge on any atom is -0.338 e. The highest BCUT2D eigenvalue weighted by atomic mass is 32.2. The summed E-state index contributed by atoms with van der Waals surface area (Å²) in [6.45, 7) is 6.54. The highest BCUT2D eigenvalue weighted by molar-refractivity contribution is 7.89. The van der Waals surface area contributed by atoms with Gasteiger partial charge >= 0.3 is 0 Å². The zero-order chi connectivity index (χ0) is 22.8. The van der Waals surface area contributed by atoms with Crippen molar-refractivity contribution in [3.05, 3.63) is 71.8 Å². The number of carbonyl (C=O) groups is 1. The van der Waals surface area contributed by atoms with Gasteiger partial charge < -0.3 is 9.80 Å². The highest BCUT2D eigenvalue weighted by Gasteiger charge is 2.17. The first kappa shape index (κ1) is 24.2. The molecular formula is C25H33N3O3S. The maximum Gasteiger partial charge on any atom is 0.246 e. The Labute approximate surface area is 192 Å². The van der Waals surface area contributed by atoms with Gasteiger partial charge in [0, 0.05) is 32.3 Å². The number of hydrogen-bond donors (Lipinski definition) is 1.